The minimum atomic E-state index is -4.55. The van der Waals surface area contributed by atoms with E-state index in [2.05, 4.69) is 14.7 Å². The first-order valence-electron chi connectivity index (χ1n) is 10.1. The number of fused-ring (bicyclic) bond motifs is 1. The van der Waals surface area contributed by atoms with Crippen LogP contribution in [-0.4, -0.2) is 58.7 Å². The topological polar surface area (TPSA) is 70.2 Å². The average molecular weight is 466 g/mol. The second-order valence-electron chi connectivity index (χ2n) is 8.46. The van der Waals surface area contributed by atoms with Crippen LogP contribution in [0.3, 0.4) is 0 Å². The van der Waals surface area contributed by atoms with Gasteiger partial charge in [0.1, 0.15) is 22.7 Å². The molecule has 1 fully saturated rings. The van der Waals surface area contributed by atoms with E-state index in [0.29, 0.717) is 38.2 Å². The maximum absolute atomic E-state index is 13.7. The number of amides is 1. The molecule has 0 atom stereocenters. The smallest absolute Gasteiger partial charge is 0.410 e. The summed E-state index contributed by atoms with van der Waals surface area (Å²) in [5.41, 5.74) is -1.95. The quantitative estimate of drug-likeness (QED) is 0.605. The van der Waals surface area contributed by atoms with Gasteiger partial charge in [-0.1, -0.05) is 0 Å². The van der Waals surface area contributed by atoms with Gasteiger partial charge >= 0.3 is 12.8 Å². The van der Waals surface area contributed by atoms with Crippen LogP contribution in [0.4, 0.5) is 26.3 Å². The zero-order chi connectivity index (χ0) is 23.7. The number of ether oxygens (including phenoxy) is 1. The molecular formula is C20H24F6N4O2. The maximum Gasteiger partial charge on any atom is 0.410 e. The van der Waals surface area contributed by atoms with Crippen molar-refractivity contribution < 1.29 is 35.9 Å². The minimum Gasteiger partial charge on any atom is -0.432 e. The highest BCUT2D eigenvalue weighted by atomic mass is 19.4. The predicted octanol–water partition coefficient (Wildman–Crippen LogP) is 4.02. The van der Waals surface area contributed by atoms with Crippen molar-refractivity contribution >= 4 is 16.9 Å². The molecule has 2 aromatic rings. The van der Waals surface area contributed by atoms with Crippen LogP contribution >= 0.6 is 0 Å². The van der Waals surface area contributed by atoms with E-state index in [-0.39, 0.29) is 29.2 Å². The van der Waals surface area contributed by atoms with Crippen molar-refractivity contribution in [2.75, 3.05) is 19.6 Å². The zero-order valence-corrected chi connectivity index (χ0v) is 17.5. The van der Waals surface area contributed by atoms with Crippen LogP contribution in [0.5, 0.6) is 5.75 Å². The lowest BCUT2D eigenvalue weighted by Gasteiger charge is -2.33. The third-order valence-electron chi connectivity index (χ3n) is 5.50. The molecule has 1 aliphatic rings. The van der Waals surface area contributed by atoms with Gasteiger partial charge in [0.15, 0.2) is 5.75 Å². The first kappa shape index (κ1) is 24.1. The van der Waals surface area contributed by atoms with Crippen LogP contribution in [0.15, 0.2) is 12.1 Å². The lowest BCUT2D eigenvalue weighted by Crippen LogP contribution is -2.56. The Balaban J connectivity index is 1.55. The van der Waals surface area contributed by atoms with Crippen molar-refractivity contribution in [2.45, 2.75) is 51.4 Å². The number of carbonyl (C=O) groups excluding carboxylic acids is 1. The van der Waals surface area contributed by atoms with Gasteiger partial charge in [-0.25, -0.2) is 9.37 Å². The Hall–Kier alpha value is -2.50. The number of nitrogens with one attached hydrogen (secondary N) is 2. The van der Waals surface area contributed by atoms with Crippen LogP contribution in [0, 0.1) is 11.7 Å². The highest BCUT2D eigenvalue weighted by molar-refractivity contribution is 5.82. The van der Waals surface area contributed by atoms with E-state index in [1.165, 1.54) is 0 Å². The largest absolute Gasteiger partial charge is 0.432 e. The lowest BCUT2D eigenvalue weighted by molar-refractivity contribution is -0.188. The van der Waals surface area contributed by atoms with Crippen LogP contribution < -0.4 is 10.1 Å². The van der Waals surface area contributed by atoms with Crippen LogP contribution in [0.1, 0.15) is 32.5 Å². The molecule has 0 unspecified atom stereocenters. The number of hydrogen-bond acceptors (Lipinski definition) is 4. The number of rotatable bonds is 7. The number of carbonyl (C=O) groups is 1. The Morgan fingerprint density at radius 3 is 2.53 bits per heavy atom. The van der Waals surface area contributed by atoms with Gasteiger partial charge in [0.05, 0.1) is 12.1 Å². The first-order valence-corrected chi connectivity index (χ1v) is 10.1. The van der Waals surface area contributed by atoms with E-state index in [4.69, 9.17) is 0 Å². The molecular weight excluding hydrogens is 442 g/mol. The number of imidazole rings is 1. The van der Waals surface area contributed by atoms with Gasteiger partial charge in [0, 0.05) is 12.5 Å². The molecule has 1 aromatic heterocycles. The van der Waals surface area contributed by atoms with E-state index in [1.807, 2.05) is 5.32 Å². The molecule has 0 aliphatic carbocycles. The fourth-order valence-corrected chi connectivity index (χ4v) is 3.67. The number of nitrogens with zero attached hydrogens (tertiary/aromatic N) is 2. The molecule has 0 spiro atoms. The Kier molecular flexibility index (Phi) is 6.91. The van der Waals surface area contributed by atoms with Crippen LogP contribution in [-0.2, 0) is 11.2 Å². The number of alkyl halides is 5. The molecule has 32 heavy (non-hydrogen) atoms. The van der Waals surface area contributed by atoms with E-state index in [1.54, 1.807) is 4.90 Å². The fourth-order valence-electron chi connectivity index (χ4n) is 3.67. The van der Waals surface area contributed by atoms with Crippen molar-refractivity contribution in [2.24, 2.45) is 5.92 Å². The molecule has 1 aliphatic heterocycles. The number of aromatic nitrogens is 2. The summed E-state index contributed by atoms with van der Waals surface area (Å²) in [6.07, 6.45) is -2.74. The molecule has 0 saturated carbocycles. The Bertz CT molecular complexity index is 951. The van der Waals surface area contributed by atoms with Gasteiger partial charge in [0.2, 0.25) is 5.91 Å². The number of halogens is 6. The van der Waals surface area contributed by atoms with Gasteiger partial charge in [-0.2, -0.15) is 22.0 Å². The number of piperidine rings is 1. The minimum absolute atomic E-state index is 0.114. The van der Waals surface area contributed by atoms with E-state index in [0.717, 1.165) is 26.0 Å². The number of H-pyrrole nitrogens is 1. The van der Waals surface area contributed by atoms with Crippen molar-refractivity contribution in [1.82, 2.24) is 20.2 Å². The Labute approximate surface area is 180 Å². The Morgan fingerprint density at radius 2 is 1.94 bits per heavy atom. The van der Waals surface area contributed by atoms with E-state index >= 15 is 0 Å². The van der Waals surface area contributed by atoms with Crippen molar-refractivity contribution in [3.63, 3.8) is 0 Å². The lowest BCUT2D eigenvalue weighted by atomic mass is 9.93. The molecule has 0 bridgehead atoms. The van der Waals surface area contributed by atoms with Gasteiger partial charge in [-0.05, 0) is 51.8 Å². The average Bonchev–Trinajstić information content (AvgIpc) is 3.03. The van der Waals surface area contributed by atoms with E-state index < -0.39 is 30.1 Å². The molecule has 12 heteroatoms. The van der Waals surface area contributed by atoms with Crippen LogP contribution in [0.25, 0.3) is 11.0 Å². The number of hydrogen-bond donors (Lipinski definition) is 2. The summed E-state index contributed by atoms with van der Waals surface area (Å²) in [6.45, 7) is -0.395. The molecule has 1 saturated heterocycles. The number of benzene rings is 1. The molecule has 3 rings (SSSR count). The summed E-state index contributed by atoms with van der Waals surface area (Å²) in [7, 11) is 0. The van der Waals surface area contributed by atoms with Crippen molar-refractivity contribution in [3.8, 4) is 5.75 Å². The van der Waals surface area contributed by atoms with Gasteiger partial charge in [-0.15, -0.1) is 0 Å². The van der Waals surface area contributed by atoms with Crippen molar-refractivity contribution in [3.05, 3.63) is 23.8 Å². The number of likely N-dealkylation sites (tertiary alicyclic amines) is 1. The normalized spacial score (nSPS) is 16.7. The fraction of sp³-hybridized carbons (Fsp3) is 0.600. The SMILES string of the molecule is CC(C)(NC(=O)CN1CCC(Cc2nc3c(OC(F)F)cc(F)cc3[nH]2)CC1)C(F)(F)F. The third-order valence-corrected chi connectivity index (χ3v) is 5.50. The zero-order valence-electron chi connectivity index (χ0n) is 17.5. The van der Waals surface area contributed by atoms with Crippen molar-refractivity contribution in [1.29, 1.82) is 0 Å². The first-order chi connectivity index (χ1) is 14.8. The summed E-state index contributed by atoms with van der Waals surface area (Å²) in [5, 5.41) is 2.02. The summed E-state index contributed by atoms with van der Waals surface area (Å²) in [4.78, 5) is 21.0. The van der Waals surface area contributed by atoms with Gasteiger partial charge in [-0.3, -0.25) is 9.69 Å². The highest BCUT2D eigenvalue weighted by Gasteiger charge is 2.48. The standard InChI is InChI=1S/C20H24F6N4O2/c1-19(2,20(24,25)26)29-16(31)10-30-5-3-11(4-6-30)7-15-27-13-8-12(21)9-14(17(13)28-15)32-18(22)23/h8-9,11,18H,3-7,10H2,1-2H3,(H,27,28)(H,29,31). The van der Waals surface area contributed by atoms with E-state index in [9.17, 15) is 31.1 Å². The van der Waals surface area contributed by atoms with Crippen LogP contribution in [0.2, 0.25) is 0 Å². The highest BCUT2D eigenvalue weighted by Crippen LogP contribution is 2.30. The summed E-state index contributed by atoms with van der Waals surface area (Å²) in [5.74, 6) is -1.13. The summed E-state index contributed by atoms with van der Waals surface area (Å²) >= 11 is 0. The molecule has 2 N–H and O–H groups in total. The third kappa shape index (κ3) is 5.84. The second kappa shape index (κ2) is 9.16. The monoisotopic (exact) mass is 466 g/mol. The maximum atomic E-state index is 13.7. The summed E-state index contributed by atoms with van der Waals surface area (Å²) in [6, 6.07) is 2.00. The van der Waals surface area contributed by atoms with Gasteiger partial charge in [0.25, 0.3) is 0 Å². The molecule has 1 amide bonds. The molecule has 6 nitrogen and oxygen atoms in total. The second-order valence-corrected chi connectivity index (χ2v) is 8.46. The molecule has 0 radical (unpaired) electrons. The van der Waals surface area contributed by atoms with Gasteiger partial charge < -0.3 is 15.0 Å². The summed E-state index contributed by atoms with van der Waals surface area (Å²) < 4.78 is 81.9. The number of aromatic amines is 1. The molecule has 1 aromatic carbocycles. The Morgan fingerprint density at radius 1 is 1.28 bits per heavy atom. The molecule has 2 heterocycles. The predicted molar refractivity (Wildman–Crippen MR) is 104 cm³/mol. The molecule has 178 valence electrons.